The number of ether oxygens (including phenoxy) is 1. The Morgan fingerprint density at radius 1 is 1.40 bits per heavy atom. The largest absolute Gasteiger partial charge is 0.375 e. The molecule has 0 radical (unpaired) electrons. The van der Waals surface area contributed by atoms with Crippen molar-refractivity contribution in [2.24, 2.45) is 0 Å². The van der Waals surface area contributed by atoms with Crippen LogP contribution >= 0.6 is 0 Å². The zero-order chi connectivity index (χ0) is 14.5. The highest BCUT2D eigenvalue weighted by molar-refractivity contribution is 5.96. The molecule has 0 bridgehead atoms. The summed E-state index contributed by atoms with van der Waals surface area (Å²) >= 11 is 0. The lowest BCUT2D eigenvalue weighted by Gasteiger charge is -2.29. The molecule has 1 aromatic rings. The van der Waals surface area contributed by atoms with Gasteiger partial charge in [0.1, 0.15) is 6.61 Å². The lowest BCUT2D eigenvalue weighted by molar-refractivity contribution is -0.122. The van der Waals surface area contributed by atoms with E-state index < -0.39 is 0 Å². The van der Waals surface area contributed by atoms with Crippen LogP contribution in [0.5, 0.6) is 0 Å². The summed E-state index contributed by atoms with van der Waals surface area (Å²) in [4.78, 5) is 25.2. The molecule has 2 amide bonds. The maximum Gasteiger partial charge on any atom is 0.252 e. The van der Waals surface area contributed by atoms with Crippen molar-refractivity contribution < 1.29 is 14.3 Å². The number of nitrogens with zero attached hydrogens (tertiary/aromatic N) is 1. The summed E-state index contributed by atoms with van der Waals surface area (Å²) in [6.45, 7) is 2.63. The molecular weight excluding hydrogens is 256 g/mol. The summed E-state index contributed by atoms with van der Waals surface area (Å²) in [6.07, 6.45) is 2.30. The van der Waals surface area contributed by atoms with Gasteiger partial charge in [-0.2, -0.15) is 0 Å². The van der Waals surface area contributed by atoms with Crippen LogP contribution in [0.25, 0.3) is 0 Å². The van der Waals surface area contributed by atoms with Crippen molar-refractivity contribution in [3.05, 3.63) is 23.8 Å². The van der Waals surface area contributed by atoms with Gasteiger partial charge >= 0.3 is 0 Å². The number of carbonyl (C=O) groups excluding carboxylic acids is 2. The monoisotopic (exact) mass is 276 g/mol. The Morgan fingerprint density at radius 3 is 2.90 bits per heavy atom. The molecule has 0 aliphatic carbocycles. The van der Waals surface area contributed by atoms with Crippen LogP contribution in [-0.4, -0.2) is 32.1 Å². The first kappa shape index (κ1) is 14.5. The molecule has 1 N–H and O–H groups in total. The Hall–Kier alpha value is -1.88. The number of hydrogen-bond donors (Lipinski definition) is 1. The summed E-state index contributed by atoms with van der Waals surface area (Å²) in [5.41, 5.74) is 2.80. The summed E-state index contributed by atoms with van der Waals surface area (Å²) in [5.74, 6) is -0.0353. The molecule has 0 saturated heterocycles. The number of methoxy groups -OCH3 is 1. The SMILES string of the molecule is CCC(=O)Nc1ccc2c(c1)CCCN2C(=O)COC. The van der Waals surface area contributed by atoms with Crippen molar-refractivity contribution >= 4 is 23.2 Å². The maximum atomic E-state index is 12.0. The van der Waals surface area contributed by atoms with Crippen molar-refractivity contribution in [2.75, 3.05) is 30.5 Å². The van der Waals surface area contributed by atoms with E-state index in [1.165, 1.54) is 7.11 Å². The van der Waals surface area contributed by atoms with Crippen LogP contribution in [-0.2, 0) is 20.7 Å². The van der Waals surface area contributed by atoms with E-state index in [1.54, 1.807) is 4.90 Å². The third-order valence-electron chi connectivity index (χ3n) is 3.37. The number of rotatable bonds is 4. The molecule has 0 aromatic heterocycles. The van der Waals surface area contributed by atoms with E-state index in [2.05, 4.69) is 5.32 Å². The predicted molar refractivity (Wildman–Crippen MR) is 77.9 cm³/mol. The number of anilines is 2. The first-order valence-electron chi connectivity index (χ1n) is 6.87. The van der Waals surface area contributed by atoms with Crippen molar-refractivity contribution in [3.8, 4) is 0 Å². The van der Waals surface area contributed by atoms with Gasteiger partial charge in [-0.1, -0.05) is 6.92 Å². The number of nitrogens with one attached hydrogen (secondary N) is 1. The fraction of sp³-hybridized carbons (Fsp3) is 0.467. The third-order valence-corrected chi connectivity index (χ3v) is 3.37. The van der Waals surface area contributed by atoms with Crippen molar-refractivity contribution in [1.82, 2.24) is 0 Å². The van der Waals surface area contributed by atoms with Crippen LogP contribution in [0, 0.1) is 0 Å². The second-order valence-corrected chi connectivity index (χ2v) is 4.83. The van der Waals surface area contributed by atoms with E-state index >= 15 is 0 Å². The van der Waals surface area contributed by atoms with Gasteiger partial charge in [-0.05, 0) is 36.6 Å². The summed E-state index contributed by atoms with van der Waals surface area (Å²) in [7, 11) is 1.52. The lowest BCUT2D eigenvalue weighted by Crippen LogP contribution is -2.37. The molecule has 108 valence electrons. The molecule has 0 spiro atoms. The van der Waals surface area contributed by atoms with Crippen LogP contribution in [0.3, 0.4) is 0 Å². The molecule has 20 heavy (non-hydrogen) atoms. The Kier molecular flexibility index (Phi) is 4.74. The molecule has 0 atom stereocenters. The van der Waals surface area contributed by atoms with Gasteiger partial charge in [0.05, 0.1) is 0 Å². The number of fused-ring (bicyclic) bond motifs is 1. The van der Waals surface area contributed by atoms with E-state index in [0.29, 0.717) is 6.42 Å². The average molecular weight is 276 g/mol. The Balaban J connectivity index is 2.21. The summed E-state index contributed by atoms with van der Waals surface area (Å²) in [5, 5.41) is 2.84. The highest BCUT2D eigenvalue weighted by Gasteiger charge is 2.22. The molecule has 1 heterocycles. The second kappa shape index (κ2) is 6.52. The fourth-order valence-electron chi connectivity index (χ4n) is 2.38. The van der Waals surface area contributed by atoms with Gasteiger partial charge in [0.15, 0.2) is 0 Å². The van der Waals surface area contributed by atoms with Gasteiger partial charge in [0.25, 0.3) is 5.91 Å². The Labute approximate surface area is 118 Å². The first-order chi connectivity index (χ1) is 9.65. The quantitative estimate of drug-likeness (QED) is 0.914. The van der Waals surface area contributed by atoms with Gasteiger partial charge in [-0.25, -0.2) is 0 Å². The summed E-state index contributed by atoms with van der Waals surface area (Å²) in [6, 6.07) is 5.69. The molecule has 0 fully saturated rings. The lowest BCUT2D eigenvalue weighted by atomic mass is 10.0. The molecule has 5 heteroatoms. The Bertz CT molecular complexity index is 514. The molecule has 2 rings (SSSR count). The van der Waals surface area contributed by atoms with E-state index in [0.717, 1.165) is 36.3 Å². The zero-order valence-electron chi connectivity index (χ0n) is 11.9. The van der Waals surface area contributed by atoms with E-state index in [4.69, 9.17) is 4.74 Å². The minimum Gasteiger partial charge on any atom is -0.375 e. The topological polar surface area (TPSA) is 58.6 Å². The number of amides is 2. The van der Waals surface area contributed by atoms with Gasteiger partial charge in [-0.3, -0.25) is 9.59 Å². The van der Waals surface area contributed by atoms with Gasteiger partial charge in [-0.15, -0.1) is 0 Å². The van der Waals surface area contributed by atoms with Crippen LogP contribution in [0.4, 0.5) is 11.4 Å². The zero-order valence-corrected chi connectivity index (χ0v) is 11.9. The molecule has 1 aliphatic heterocycles. The molecule has 1 aliphatic rings. The number of hydrogen-bond acceptors (Lipinski definition) is 3. The molecule has 0 saturated carbocycles. The Morgan fingerprint density at radius 2 is 2.20 bits per heavy atom. The molecule has 5 nitrogen and oxygen atoms in total. The molecular formula is C15H20N2O3. The van der Waals surface area contributed by atoms with Gasteiger partial charge in [0.2, 0.25) is 5.91 Å². The van der Waals surface area contributed by atoms with Crippen LogP contribution in [0.2, 0.25) is 0 Å². The van der Waals surface area contributed by atoms with Crippen LogP contribution < -0.4 is 10.2 Å². The first-order valence-corrected chi connectivity index (χ1v) is 6.87. The number of benzene rings is 1. The second-order valence-electron chi connectivity index (χ2n) is 4.83. The minimum absolute atomic E-state index is 0.00641. The smallest absolute Gasteiger partial charge is 0.252 e. The van der Waals surface area contributed by atoms with E-state index in [9.17, 15) is 9.59 Å². The van der Waals surface area contributed by atoms with E-state index in [1.807, 2.05) is 25.1 Å². The van der Waals surface area contributed by atoms with Crippen LogP contribution in [0.1, 0.15) is 25.3 Å². The van der Waals surface area contributed by atoms with Gasteiger partial charge in [0, 0.05) is 31.5 Å². The maximum absolute atomic E-state index is 12.0. The number of carbonyl (C=O) groups is 2. The van der Waals surface area contributed by atoms with Crippen molar-refractivity contribution in [1.29, 1.82) is 0 Å². The minimum atomic E-state index is -0.0289. The molecule has 0 unspecified atom stereocenters. The van der Waals surface area contributed by atoms with E-state index in [-0.39, 0.29) is 18.4 Å². The fourth-order valence-corrected chi connectivity index (χ4v) is 2.38. The van der Waals surface area contributed by atoms with Gasteiger partial charge < -0.3 is 15.0 Å². The predicted octanol–water partition coefficient (Wildman–Crippen LogP) is 1.96. The summed E-state index contributed by atoms with van der Waals surface area (Å²) < 4.78 is 4.91. The standard InChI is InChI=1S/C15H20N2O3/c1-3-14(18)16-12-6-7-13-11(9-12)5-4-8-17(13)15(19)10-20-2/h6-7,9H,3-5,8,10H2,1-2H3,(H,16,18). The van der Waals surface area contributed by atoms with Crippen molar-refractivity contribution in [2.45, 2.75) is 26.2 Å². The highest BCUT2D eigenvalue weighted by atomic mass is 16.5. The number of aryl methyl sites for hydroxylation is 1. The molecule has 1 aromatic carbocycles. The normalized spacial score (nSPS) is 13.8. The van der Waals surface area contributed by atoms with Crippen molar-refractivity contribution in [3.63, 3.8) is 0 Å². The highest BCUT2D eigenvalue weighted by Crippen LogP contribution is 2.29. The van der Waals surface area contributed by atoms with Crippen LogP contribution in [0.15, 0.2) is 18.2 Å². The average Bonchev–Trinajstić information content (AvgIpc) is 2.46. The third kappa shape index (κ3) is 3.17.